The molecule has 2 unspecified atom stereocenters. The zero-order valence-electron chi connectivity index (χ0n) is 15.6. The summed E-state index contributed by atoms with van der Waals surface area (Å²) in [5.74, 6) is -0.269. The van der Waals surface area contributed by atoms with E-state index in [0.717, 1.165) is 19.3 Å². The first-order valence-corrected chi connectivity index (χ1v) is 8.80. The number of unbranched alkanes of at least 4 members (excludes halogenated alkanes) is 1. The third-order valence-corrected chi connectivity index (χ3v) is 4.34. The molecular weight excluding hydrogens is 294 g/mol. The van der Waals surface area contributed by atoms with Crippen LogP contribution in [0.5, 0.6) is 0 Å². The van der Waals surface area contributed by atoms with E-state index in [1.165, 1.54) is 0 Å². The molecule has 1 amide bonds. The number of rotatable bonds is 5. The molecule has 1 saturated heterocycles. The van der Waals surface area contributed by atoms with Gasteiger partial charge >= 0.3 is 12.1 Å². The molecule has 0 aliphatic carbocycles. The fourth-order valence-electron chi connectivity index (χ4n) is 3.18. The molecule has 134 valence electrons. The fraction of sp³-hybridized carbons (Fsp3) is 0.889. The van der Waals surface area contributed by atoms with Crippen LogP contribution in [-0.2, 0) is 14.3 Å². The molecule has 1 fully saturated rings. The van der Waals surface area contributed by atoms with Gasteiger partial charge in [0.25, 0.3) is 0 Å². The Morgan fingerprint density at radius 1 is 1.26 bits per heavy atom. The summed E-state index contributed by atoms with van der Waals surface area (Å²) < 4.78 is 10.7. The molecule has 5 nitrogen and oxygen atoms in total. The zero-order chi connectivity index (χ0) is 17.7. The molecule has 0 aromatic heterocycles. The Bertz CT molecular complexity index is 416. The lowest BCUT2D eigenvalue weighted by molar-refractivity contribution is -0.152. The lowest BCUT2D eigenvalue weighted by Gasteiger charge is -2.47. The summed E-state index contributed by atoms with van der Waals surface area (Å²) in [4.78, 5) is 26.5. The summed E-state index contributed by atoms with van der Waals surface area (Å²) in [6.45, 7) is 12.6. The maximum Gasteiger partial charge on any atom is 0.410 e. The number of carbonyl (C=O) groups is 2. The second kappa shape index (κ2) is 8.02. The van der Waals surface area contributed by atoms with E-state index < -0.39 is 5.60 Å². The number of esters is 1. The SMILES string of the molecule is CCCCC1(C)CC(C(=O)OCC)CCN1C(=O)OC(C)(C)C. The van der Waals surface area contributed by atoms with E-state index in [2.05, 4.69) is 13.8 Å². The van der Waals surface area contributed by atoms with Crippen molar-refractivity contribution in [2.24, 2.45) is 5.92 Å². The molecule has 23 heavy (non-hydrogen) atoms. The van der Waals surface area contributed by atoms with E-state index in [1.54, 1.807) is 0 Å². The van der Waals surface area contributed by atoms with Gasteiger partial charge in [-0.25, -0.2) is 4.79 Å². The van der Waals surface area contributed by atoms with Crippen molar-refractivity contribution >= 4 is 12.1 Å². The summed E-state index contributed by atoms with van der Waals surface area (Å²) in [7, 11) is 0. The molecule has 0 N–H and O–H groups in total. The van der Waals surface area contributed by atoms with E-state index >= 15 is 0 Å². The molecule has 1 aliphatic heterocycles. The van der Waals surface area contributed by atoms with Crippen LogP contribution in [0.25, 0.3) is 0 Å². The molecule has 1 heterocycles. The Morgan fingerprint density at radius 2 is 1.91 bits per heavy atom. The number of nitrogens with zero attached hydrogens (tertiary/aromatic N) is 1. The van der Waals surface area contributed by atoms with E-state index in [9.17, 15) is 9.59 Å². The van der Waals surface area contributed by atoms with Crippen LogP contribution >= 0.6 is 0 Å². The first kappa shape index (κ1) is 19.8. The average Bonchev–Trinajstić information content (AvgIpc) is 2.43. The van der Waals surface area contributed by atoms with Crippen molar-refractivity contribution in [2.45, 2.75) is 84.8 Å². The van der Waals surface area contributed by atoms with Gasteiger partial charge in [0.05, 0.1) is 12.5 Å². The van der Waals surface area contributed by atoms with E-state index in [4.69, 9.17) is 9.47 Å². The minimum absolute atomic E-state index is 0.129. The minimum Gasteiger partial charge on any atom is -0.466 e. The Labute approximate surface area is 140 Å². The van der Waals surface area contributed by atoms with Crippen molar-refractivity contribution in [3.8, 4) is 0 Å². The molecule has 2 atom stereocenters. The third-order valence-electron chi connectivity index (χ3n) is 4.34. The van der Waals surface area contributed by atoms with Gasteiger partial charge in [-0.3, -0.25) is 4.79 Å². The van der Waals surface area contributed by atoms with Gasteiger partial charge in [-0.2, -0.15) is 0 Å². The summed E-state index contributed by atoms with van der Waals surface area (Å²) in [6.07, 6.45) is 3.95. The molecule has 5 heteroatoms. The van der Waals surface area contributed by atoms with Gasteiger partial charge in [-0.05, 0) is 53.9 Å². The summed E-state index contributed by atoms with van der Waals surface area (Å²) in [5, 5.41) is 0. The summed E-state index contributed by atoms with van der Waals surface area (Å²) in [6, 6.07) is 0. The Balaban J connectivity index is 2.89. The maximum atomic E-state index is 12.6. The van der Waals surface area contributed by atoms with Crippen molar-refractivity contribution in [3.63, 3.8) is 0 Å². The molecule has 0 spiro atoms. The van der Waals surface area contributed by atoms with Crippen molar-refractivity contribution < 1.29 is 19.1 Å². The topological polar surface area (TPSA) is 55.8 Å². The van der Waals surface area contributed by atoms with Gasteiger partial charge in [0, 0.05) is 12.1 Å². The molecule has 0 bridgehead atoms. The number of carbonyl (C=O) groups excluding carboxylic acids is 2. The van der Waals surface area contributed by atoms with E-state index in [0.29, 0.717) is 26.0 Å². The normalized spacial score (nSPS) is 25.1. The fourth-order valence-corrected chi connectivity index (χ4v) is 3.18. The van der Waals surface area contributed by atoms with Crippen molar-refractivity contribution in [1.29, 1.82) is 0 Å². The number of hydrogen-bond donors (Lipinski definition) is 0. The van der Waals surface area contributed by atoms with Crippen LogP contribution in [0.15, 0.2) is 0 Å². The molecule has 0 aromatic carbocycles. The largest absolute Gasteiger partial charge is 0.466 e. The van der Waals surface area contributed by atoms with Crippen LogP contribution in [0.2, 0.25) is 0 Å². The van der Waals surface area contributed by atoms with Gasteiger partial charge in [-0.15, -0.1) is 0 Å². The number of ether oxygens (including phenoxy) is 2. The molecule has 1 aliphatic rings. The quantitative estimate of drug-likeness (QED) is 0.712. The molecule has 0 radical (unpaired) electrons. The van der Waals surface area contributed by atoms with Gasteiger partial charge in [0.1, 0.15) is 5.60 Å². The predicted molar refractivity (Wildman–Crippen MR) is 90.2 cm³/mol. The van der Waals surface area contributed by atoms with Gasteiger partial charge in [-0.1, -0.05) is 19.8 Å². The first-order chi connectivity index (χ1) is 10.6. The van der Waals surface area contributed by atoms with Crippen LogP contribution < -0.4 is 0 Å². The van der Waals surface area contributed by atoms with Gasteiger partial charge in [0.2, 0.25) is 0 Å². The van der Waals surface area contributed by atoms with Gasteiger partial charge in [0.15, 0.2) is 0 Å². The highest BCUT2D eigenvalue weighted by Crippen LogP contribution is 2.37. The van der Waals surface area contributed by atoms with Crippen LogP contribution in [-0.4, -0.2) is 41.3 Å². The number of likely N-dealkylation sites (tertiary alicyclic amines) is 1. The molecule has 0 aromatic rings. The molecular formula is C18H33NO4. The lowest BCUT2D eigenvalue weighted by atomic mass is 9.78. The number of piperidine rings is 1. The first-order valence-electron chi connectivity index (χ1n) is 8.80. The highest BCUT2D eigenvalue weighted by atomic mass is 16.6. The average molecular weight is 327 g/mol. The summed E-state index contributed by atoms with van der Waals surface area (Å²) >= 11 is 0. The monoisotopic (exact) mass is 327 g/mol. The highest BCUT2D eigenvalue weighted by Gasteiger charge is 2.44. The Kier molecular flexibility index (Phi) is 6.90. The van der Waals surface area contributed by atoms with Gasteiger partial charge < -0.3 is 14.4 Å². The third kappa shape index (κ3) is 5.70. The standard InChI is InChI=1S/C18H33NO4/c1-7-9-11-18(6)13-14(15(20)22-8-2)10-12-19(18)16(21)23-17(3,4)5/h14H,7-13H2,1-6H3. The van der Waals surface area contributed by atoms with Crippen LogP contribution in [0.4, 0.5) is 4.79 Å². The van der Waals surface area contributed by atoms with Crippen molar-refractivity contribution in [2.75, 3.05) is 13.2 Å². The second-order valence-corrected chi connectivity index (χ2v) is 7.67. The minimum atomic E-state index is -0.513. The van der Waals surface area contributed by atoms with Crippen molar-refractivity contribution in [3.05, 3.63) is 0 Å². The second-order valence-electron chi connectivity index (χ2n) is 7.67. The van der Waals surface area contributed by atoms with Crippen LogP contribution in [0, 0.1) is 5.92 Å². The number of amides is 1. The molecule has 1 rings (SSSR count). The number of hydrogen-bond acceptors (Lipinski definition) is 4. The Morgan fingerprint density at radius 3 is 2.43 bits per heavy atom. The predicted octanol–water partition coefficient (Wildman–Crippen LogP) is 4.15. The Hall–Kier alpha value is -1.26. The van der Waals surface area contributed by atoms with Crippen molar-refractivity contribution in [1.82, 2.24) is 4.90 Å². The smallest absolute Gasteiger partial charge is 0.410 e. The van der Waals surface area contributed by atoms with E-state index in [-0.39, 0.29) is 23.5 Å². The lowest BCUT2D eigenvalue weighted by Crippen LogP contribution is -2.56. The zero-order valence-corrected chi connectivity index (χ0v) is 15.6. The van der Waals surface area contributed by atoms with Crippen LogP contribution in [0.3, 0.4) is 0 Å². The maximum absolute atomic E-state index is 12.6. The summed E-state index contributed by atoms with van der Waals surface area (Å²) in [5.41, 5.74) is -0.866. The molecule has 0 saturated carbocycles. The highest BCUT2D eigenvalue weighted by molar-refractivity contribution is 5.74. The van der Waals surface area contributed by atoms with Crippen LogP contribution in [0.1, 0.15) is 73.6 Å². The van der Waals surface area contributed by atoms with E-state index in [1.807, 2.05) is 32.6 Å².